The summed E-state index contributed by atoms with van der Waals surface area (Å²) >= 11 is 6.42. The van der Waals surface area contributed by atoms with Crippen molar-refractivity contribution in [1.82, 2.24) is 15.1 Å². The van der Waals surface area contributed by atoms with Crippen molar-refractivity contribution in [2.45, 2.75) is 25.4 Å². The number of halogens is 1. The molecule has 1 N–H and O–H groups in total. The van der Waals surface area contributed by atoms with E-state index in [0.717, 1.165) is 43.9 Å². The van der Waals surface area contributed by atoms with Crippen LogP contribution < -0.4 is 5.32 Å². The number of likely N-dealkylation sites (tertiary alicyclic amines) is 1. The molecule has 0 aromatic heterocycles. The minimum absolute atomic E-state index is 0.0396. The molecule has 2 fully saturated rings. The lowest BCUT2D eigenvalue weighted by atomic mass is 10.0. The van der Waals surface area contributed by atoms with Gasteiger partial charge in [-0.1, -0.05) is 41.9 Å². The number of rotatable bonds is 4. The number of piperazine rings is 1. The summed E-state index contributed by atoms with van der Waals surface area (Å²) in [4.78, 5) is 17.7. The van der Waals surface area contributed by atoms with E-state index in [1.807, 2.05) is 41.3 Å². The van der Waals surface area contributed by atoms with Crippen LogP contribution in [0.5, 0.6) is 0 Å². The molecular formula is C22H26ClN3O. The fourth-order valence-corrected chi connectivity index (χ4v) is 4.40. The second-order valence-corrected chi connectivity index (χ2v) is 7.83. The average Bonchev–Trinajstić information content (AvgIpc) is 3.21. The Kier molecular flexibility index (Phi) is 5.77. The van der Waals surface area contributed by atoms with E-state index in [2.05, 4.69) is 22.3 Å². The highest BCUT2D eigenvalue weighted by molar-refractivity contribution is 6.31. The van der Waals surface area contributed by atoms with Crippen molar-refractivity contribution >= 4 is 17.5 Å². The SMILES string of the molecule is O=C(c1cccc(CN2CCCC2)c1)N1CCNCC1c1ccccc1Cl. The zero-order chi connectivity index (χ0) is 18.6. The highest BCUT2D eigenvalue weighted by Gasteiger charge is 2.30. The summed E-state index contributed by atoms with van der Waals surface area (Å²) in [5.41, 5.74) is 2.99. The third-order valence-electron chi connectivity index (χ3n) is 5.55. The number of nitrogens with zero attached hydrogens (tertiary/aromatic N) is 2. The molecule has 1 unspecified atom stereocenters. The molecule has 0 aliphatic carbocycles. The van der Waals surface area contributed by atoms with Gasteiger partial charge >= 0.3 is 0 Å². The summed E-state index contributed by atoms with van der Waals surface area (Å²) < 4.78 is 0. The Labute approximate surface area is 166 Å². The summed E-state index contributed by atoms with van der Waals surface area (Å²) in [7, 11) is 0. The van der Waals surface area contributed by atoms with Crippen molar-refractivity contribution in [3.05, 3.63) is 70.2 Å². The first-order valence-corrected chi connectivity index (χ1v) is 10.2. The molecule has 142 valence electrons. The lowest BCUT2D eigenvalue weighted by molar-refractivity contribution is 0.0634. The number of benzene rings is 2. The van der Waals surface area contributed by atoms with Crippen LogP contribution in [0.3, 0.4) is 0 Å². The van der Waals surface area contributed by atoms with Crippen LogP contribution in [0.25, 0.3) is 0 Å². The molecule has 2 aromatic rings. The smallest absolute Gasteiger partial charge is 0.254 e. The Bertz CT molecular complexity index is 804. The van der Waals surface area contributed by atoms with Gasteiger partial charge < -0.3 is 10.2 Å². The van der Waals surface area contributed by atoms with Crippen LogP contribution in [0.4, 0.5) is 0 Å². The van der Waals surface area contributed by atoms with E-state index in [1.165, 1.54) is 18.4 Å². The Balaban J connectivity index is 1.56. The molecule has 5 heteroatoms. The Morgan fingerprint density at radius 2 is 1.89 bits per heavy atom. The van der Waals surface area contributed by atoms with E-state index in [1.54, 1.807) is 0 Å². The van der Waals surface area contributed by atoms with Gasteiger partial charge in [0.15, 0.2) is 0 Å². The quantitative estimate of drug-likeness (QED) is 0.873. The van der Waals surface area contributed by atoms with Crippen molar-refractivity contribution in [1.29, 1.82) is 0 Å². The Morgan fingerprint density at radius 3 is 2.70 bits per heavy atom. The zero-order valence-electron chi connectivity index (χ0n) is 15.5. The molecular weight excluding hydrogens is 358 g/mol. The lowest BCUT2D eigenvalue weighted by Crippen LogP contribution is -2.48. The number of carbonyl (C=O) groups is 1. The zero-order valence-corrected chi connectivity index (χ0v) is 16.3. The van der Waals surface area contributed by atoms with E-state index in [9.17, 15) is 4.79 Å². The van der Waals surface area contributed by atoms with Gasteiger partial charge in [-0.15, -0.1) is 0 Å². The van der Waals surface area contributed by atoms with E-state index in [0.29, 0.717) is 11.6 Å². The highest BCUT2D eigenvalue weighted by atomic mass is 35.5. The molecule has 27 heavy (non-hydrogen) atoms. The van der Waals surface area contributed by atoms with Crippen molar-refractivity contribution in [2.75, 3.05) is 32.7 Å². The first-order valence-electron chi connectivity index (χ1n) is 9.80. The van der Waals surface area contributed by atoms with E-state index >= 15 is 0 Å². The van der Waals surface area contributed by atoms with Gasteiger partial charge in [0.1, 0.15) is 0 Å². The van der Waals surface area contributed by atoms with Gasteiger partial charge in [-0.25, -0.2) is 0 Å². The molecule has 2 heterocycles. The summed E-state index contributed by atoms with van der Waals surface area (Å²) in [6.07, 6.45) is 2.55. The topological polar surface area (TPSA) is 35.6 Å². The predicted molar refractivity (Wildman–Crippen MR) is 109 cm³/mol. The Hall–Kier alpha value is -1.88. The molecule has 2 saturated heterocycles. The summed E-state index contributed by atoms with van der Waals surface area (Å²) in [6, 6.07) is 15.9. The van der Waals surface area contributed by atoms with Gasteiger partial charge in [0, 0.05) is 36.8 Å². The molecule has 1 atom stereocenters. The normalized spacial score (nSPS) is 20.8. The molecule has 2 aromatic carbocycles. The van der Waals surface area contributed by atoms with E-state index < -0.39 is 0 Å². The molecule has 0 bridgehead atoms. The molecule has 0 saturated carbocycles. The molecule has 1 amide bonds. The van der Waals surface area contributed by atoms with Crippen LogP contribution in [-0.4, -0.2) is 48.4 Å². The lowest BCUT2D eigenvalue weighted by Gasteiger charge is -2.37. The van der Waals surface area contributed by atoms with E-state index in [-0.39, 0.29) is 11.9 Å². The number of hydrogen-bond donors (Lipinski definition) is 1. The molecule has 4 rings (SSSR count). The van der Waals surface area contributed by atoms with E-state index in [4.69, 9.17) is 11.6 Å². The first-order chi connectivity index (χ1) is 13.2. The summed E-state index contributed by atoms with van der Waals surface area (Å²) in [6.45, 7) is 5.46. The van der Waals surface area contributed by atoms with Gasteiger partial charge in [-0.3, -0.25) is 9.69 Å². The number of hydrogen-bond acceptors (Lipinski definition) is 3. The number of nitrogens with one attached hydrogen (secondary N) is 1. The molecule has 2 aliphatic heterocycles. The maximum absolute atomic E-state index is 13.3. The molecule has 2 aliphatic rings. The molecule has 0 radical (unpaired) electrons. The predicted octanol–water partition coefficient (Wildman–Crippen LogP) is 3.72. The van der Waals surface area contributed by atoms with Gasteiger partial charge in [-0.05, 0) is 55.3 Å². The molecule has 4 nitrogen and oxygen atoms in total. The molecule has 0 spiro atoms. The van der Waals surface area contributed by atoms with Gasteiger partial charge in [-0.2, -0.15) is 0 Å². The largest absolute Gasteiger partial charge is 0.329 e. The van der Waals surface area contributed by atoms with Crippen LogP contribution in [0.1, 0.15) is 40.4 Å². The van der Waals surface area contributed by atoms with Crippen LogP contribution >= 0.6 is 11.6 Å². The van der Waals surface area contributed by atoms with Crippen LogP contribution in [0.2, 0.25) is 5.02 Å². The second kappa shape index (κ2) is 8.42. The third-order valence-corrected chi connectivity index (χ3v) is 5.89. The summed E-state index contributed by atoms with van der Waals surface area (Å²) in [5, 5.41) is 4.11. The minimum Gasteiger partial charge on any atom is -0.329 e. The average molecular weight is 384 g/mol. The van der Waals surface area contributed by atoms with Crippen molar-refractivity contribution in [3.8, 4) is 0 Å². The minimum atomic E-state index is -0.0396. The number of carbonyl (C=O) groups excluding carboxylic acids is 1. The maximum atomic E-state index is 13.3. The maximum Gasteiger partial charge on any atom is 0.254 e. The van der Waals surface area contributed by atoms with Crippen LogP contribution in [-0.2, 0) is 6.54 Å². The third kappa shape index (κ3) is 4.18. The fraction of sp³-hybridized carbons (Fsp3) is 0.409. The fourth-order valence-electron chi connectivity index (χ4n) is 4.14. The second-order valence-electron chi connectivity index (χ2n) is 7.42. The number of amides is 1. The van der Waals surface area contributed by atoms with Crippen LogP contribution in [0.15, 0.2) is 48.5 Å². The highest BCUT2D eigenvalue weighted by Crippen LogP contribution is 2.29. The Morgan fingerprint density at radius 1 is 1.07 bits per heavy atom. The van der Waals surface area contributed by atoms with Crippen LogP contribution in [0, 0.1) is 0 Å². The van der Waals surface area contributed by atoms with Gasteiger partial charge in [0.05, 0.1) is 6.04 Å². The standard InChI is InChI=1S/C22H26ClN3O/c23-20-9-2-1-8-19(20)21-15-24-10-13-26(21)22(27)18-7-5-6-17(14-18)16-25-11-3-4-12-25/h1-2,5-9,14,21,24H,3-4,10-13,15-16H2. The summed E-state index contributed by atoms with van der Waals surface area (Å²) in [5.74, 6) is 0.0877. The van der Waals surface area contributed by atoms with Crippen molar-refractivity contribution < 1.29 is 4.79 Å². The van der Waals surface area contributed by atoms with Crippen molar-refractivity contribution in [2.24, 2.45) is 0 Å². The van der Waals surface area contributed by atoms with Gasteiger partial charge in [0.2, 0.25) is 0 Å². The van der Waals surface area contributed by atoms with Gasteiger partial charge in [0.25, 0.3) is 5.91 Å². The first kappa shape index (κ1) is 18.5. The monoisotopic (exact) mass is 383 g/mol. The van der Waals surface area contributed by atoms with Crippen molar-refractivity contribution in [3.63, 3.8) is 0 Å².